The molecule has 0 bridgehead atoms. The average molecular weight is 237 g/mol. The quantitative estimate of drug-likeness (QED) is 0.854. The van der Waals surface area contributed by atoms with Crippen LogP contribution in [0.25, 0.3) is 5.13 Å². The molecule has 0 atom stereocenters. The van der Waals surface area contributed by atoms with Gasteiger partial charge in [-0.05, 0) is 13.5 Å². The molecule has 5 nitrogen and oxygen atoms in total. The van der Waals surface area contributed by atoms with Crippen LogP contribution in [0.4, 0.5) is 0 Å². The van der Waals surface area contributed by atoms with Gasteiger partial charge in [-0.2, -0.15) is 0 Å². The molecule has 0 amide bonds. The molecular formula is C10H15N5S. The molecule has 0 radical (unpaired) electrons. The van der Waals surface area contributed by atoms with Crippen molar-refractivity contribution in [2.45, 2.75) is 26.3 Å². The van der Waals surface area contributed by atoms with E-state index in [2.05, 4.69) is 27.4 Å². The Balaban J connectivity index is 2.24. The standard InChI is InChI=1S/C10H15N5S/c1-3-4-8-12-5-6-15(8)10-14-13-9(16-10)7-11-2/h5-6,11H,3-4,7H2,1-2H3. The molecule has 2 heterocycles. The van der Waals surface area contributed by atoms with Crippen LogP contribution in [-0.4, -0.2) is 26.8 Å². The fraction of sp³-hybridized carbons (Fsp3) is 0.500. The number of hydrogen-bond acceptors (Lipinski definition) is 5. The SMILES string of the molecule is CCCc1nccn1-c1nnc(CNC)s1. The Hall–Kier alpha value is -1.27. The third kappa shape index (κ3) is 2.28. The highest BCUT2D eigenvalue weighted by Gasteiger charge is 2.09. The minimum atomic E-state index is 0.759. The largest absolute Gasteiger partial charge is 0.313 e. The minimum Gasteiger partial charge on any atom is -0.313 e. The normalized spacial score (nSPS) is 10.9. The Morgan fingerprint density at radius 3 is 3.06 bits per heavy atom. The molecule has 1 N–H and O–H groups in total. The predicted octanol–water partition coefficient (Wildman–Crippen LogP) is 1.40. The number of aromatic nitrogens is 4. The van der Waals surface area contributed by atoms with Crippen molar-refractivity contribution in [3.63, 3.8) is 0 Å². The Morgan fingerprint density at radius 2 is 2.31 bits per heavy atom. The lowest BCUT2D eigenvalue weighted by Gasteiger charge is -2.00. The lowest BCUT2D eigenvalue weighted by molar-refractivity contribution is 0.780. The highest BCUT2D eigenvalue weighted by atomic mass is 32.1. The zero-order valence-corrected chi connectivity index (χ0v) is 10.3. The molecule has 0 saturated carbocycles. The molecule has 6 heteroatoms. The van der Waals surface area contributed by atoms with Gasteiger partial charge in [0.15, 0.2) is 0 Å². The van der Waals surface area contributed by atoms with Crippen molar-refractivity contribution in [3.05, 3.63) is 23.2 Å². The minimum absolute atomic E-state index is 0.759. The van der Waals surface area contributed by atoms with E-state index in [-0.39, 0.29) is 0 Å². The smallest absolute Gasteiger partial charge is 0.217 e. The molecule has 0 aromatic carbocycles. The summed E-state index contributed by atoms with van der Waals surface area (Å²) in [5.41, 5.74) is 0. The number of imidazole rings is 1. The van der Waals surface area contributed by atoms with Gasteiger partial charge in [0.1, 0.15) is 10.8 Å². The van der Waals surface area contributed by atoms with Crippen LogP contribution in [0.15, 0.2) is 12.4 Å². The van der Waals surface area contributed by atoms with E-state index in [0.29, 0.717) is 0 Å². The van der Waals surface area contributed by atoms with Crippen molar-refractivity contribution < 1.29 is 0 Å². The number of hydrogen-bond donors (Lipinski definition) is 1. The summed E-state index contributed by atoms with van der Waals surface area (Å²) in [5, 5.41) is 13.2. The first-order valence-corrected chi connectivity index (χ1v) is 6.16. The van der Waals surface area contributed by atoms with E-state index in [4.69, 9.17) is 0 Å². The maximum atomic E-state index is 4.32. The number of rotatable bonds is 5. The molecule has 2 aromatic rings. The van der Waals surface area contributed by atoms with Crippen LogP contribution in [0, 0.1) is 0 Å². The molecule has 2 aromatic heterocycles. The van der Waals surface area contributed by atoms with Crippen molar-refractivity contribution >= 4 is 11.3 Å². The molecule has 16 heavy (non-hydrogen) atoms. The summed E-state index contributed by atoms with van der Waals surface area (Å²) in [6, 6.07) is 0. The zero-order chi connectivity index (χ0) is 11.4. The fourth-order valence-electron chi connectivity index (χ4n) is 1.48. The van der Waals surface area contributed by atoms with E-state index in [1.165, 1.54) is 0 Å². The van der Waals surface area contributed by atoms with Crippen molar-refractivity contribution in [3.8, 4) is 5.13 Å². The third-order valence-electron chi connectivity index (χ3n) is 2.18. The van der Waals surface area contributed by atoms with Gasteiger partial charge in [0.25, 0.3) is 0 Å². The highest BCUT2D eigenvalue weighted by Crippen LogP contribution is 2.16. The summed E-state index contributed by atoms with van der Waals surface area (Å²) < 4.78 is 2.01. The summed E-state index contributed by atoms with van der Waals surface area (Å²) >= 11 is 1.59. The zero-order valence-electron chi connectivity index (χ0n) is 9.47. The van der Waals surface area contributed by atoms with E-state index in [1.54, 1.807) is 11.3 Å². The van der Waals surface area contributed by atoms with Gasteiger partial charge < -0.3 is 5.32 Å². The summed E-state index contributed by atoms with van der Waals surface area (Å²) in [5.74, 6) is 1.05. The van der Waals surface area contributed by atoms with Gasteiger partial charge in [0.05, 0.1) is 0 Å². The predicted molar refractivity (Wildman–Crippen MR) is 63.8 cm³/mol. The van der Waals surface area contributed by atoms with Gasteiger partial charge in [-0.1, -0.05) is 18.3 Å². The Kier molecular flexibility index (Phi) is 3.63. The van der Waals surface area contributed by atoms with Crippen LogP contribution < -0.4 is 5.32 Å². The van der Waals surface area contributed by atoms with Crippen molar-refractivity contribution in [2.75, 3.05) is 7.05 Å². The van der Waals surface area contributed by atoms with E-state index in [9.17, 15) is 0 Å². The van der Waals surface area contributed by atoms with Gasteiger partial charge >= 0.3 is 0 Å². The second-order valence-corrected chi connectivity index (χ2v) is 4.51. The van der Waals surface area contributed by atoms with Crippen LogP contribution >= 0.6 is 11.3 Å². The maximum Gasteiger partial charge on any atom is 0.217 e. The van der Waals surface area contributed by atoms with Crippen LogP contribution in [0.5, 0.6) is 0 Å². The first kappa shape index (κ1) is 11.2. The van der Waals surface area contributed by atoms with Crippen LogP contribution in [0.3, 0.4) is 0 Å². The summed E-state index contributed by atoms with van der Waals surface area (Å²) in [7, 11) is 1.90. The first-order chi connectivity index (χ1) is 7.85. The highest BCUT2D eigenvalue weighted by molar-refractivity contribution is 7.13. The van der Waals surface area contributed by atoms with E-state index < -0.39 is 0 Å². The van der Waals surface area contributed by atoms with Gasteiger partial charge in [-0.15, -0.1) is 10.2 Å². The topological polar surface area (TPSA) is 55.6 Å². The van der Waals surface area contributed by atoms with Gasteiger partial charge in [-0.3, -0.25) is 4.57 Å². The number of nitrogens with zero attached hydrogens (tertiary/aromatic N) is 4. The molecule has 0 aliphatic carbocycles. The molecular weight excluding hydrogens is 222 g/mol. The summed E-state index contributed by atoms with van der Waals surface area (Å²) in [6.45, 7) is 2.90. The number of aryl methyl sites for hydroxylation is 1. The summed E-state index contributed by atoms with van der Waals surface area (Å²) in [6.07, 6.45) is 5.80. The van der Waals surface area contributed by atoms with Crippen molar-refractivity contribution in [2.24, 2.45) is 0 Å². The van der Waals surface area contributed by atoms with Crippen LogP contribution in [0.1, 0.15) is 24.2 Å². The molecule has 0 saturated heterocycles. The fourth-order valence-corrected chi connectivity index (χ4v) is 2.34. The maximum absolute atomic E-state index is 4.32. The average Bonchev–Trinajstić information content (AvgIpc) is 2.87. The van der Waals surface area contributed by atoms with E-state index >= 15 is 0 Å². The van der Waals surface area contributed by atoms with Crippen LogP contribution in [-0.2, 0) is 13.0 Å². The molecule has 0 spiro atoms. The van der Waals surface area contributed by atoms with Gasteiger partial charge in [0, 0.05) is 25.4 Å². The molecule has 0 aliphatic rings. The molecule has 0 fully saturated rings. The molecule has 86 valence electrons. The molecule has 2 rings (SSSR count). The monoisotopic (exact) mass is 237 g/mol. The second-order valence-electron chi connectivity index (χ2n) is 3.47. The van der Waals surface area contributed by atoms with Gasteiger partial charge in [0.2, 0.25) is 5.13 Å². The Morgan fingerprint density at radius 1 is 1.44 bits per heavy atom. The van der Waals surface area contributed by atoms with Crippen LogP contribution in [0.2, 0.25) is 0 Å². The summed E-state index contributed by atoms with van der Waals surface area (Å²) in [4.78, 5) is 4.32. The second kappa shape index (κ2) is 5.18. The Bertz CT molecular complexity index is 448. The Labute approximate surface area is 98.5 Å². The first-order valence-electron chi connectivity index (χ1n) is 5.34. The molecule has 0 unspecified atom stereocenters. The molecule has 0 aliphatic heterocycles. The number of nitrogens with one attached hydrogen (secondary N) is 1. The van der Waals surface area contributed by atoms with E-state index in [1.807, 2.05) is 24.0 Å². The third-order valence-corrected chi connectivity index (χ3v) is 3.10. The van der Waals surface area contributed by atoms with Gasteiger partial charge in [-0.25, -0.2) is 4.98 Å². The van der Waals surface area contributed by atoms with Crippen molar-refractivity contribution in [1.29, 1.82) is 0 Å². The van der Waals surface area contributed by atoms with E-state index in [0.717, 1.165) is 35.3 Å². The van der Waals surface area contributed by atoms with Crippen molar-refractivity contribution in [1.82, 2.24) is 25.1 Å². The lowest BCUT2D eigenvalue weighted by atomic mass is 10.3. The lowest BCUT2D eigenvalue weighted by Crippen LogP contribution is -2.04.